The highest BCUT2D eigenvalue weighted by molar-refractivity contribution is 8.14. The molecule has 4 saturated carbocycles. The summed E-state index contributed by atoms with van der Waals surface area (Å²) in [5.74, 6) is 5.05. The van der Waals surface area contributed by atoms with Crippen molar-refractivity contribution in [2.45, 2.75) is 213 Å². The van der Waals surface area contributed by atoms with Crippen LogP contribution < -0.4 is 16.4 Å². The van der Waals surface area contributed by atoms with Gasteiger partial charge in [0.2, 0.25) is 0 Å². The van der Waals surface area contributed by atoms with Crippen molar-refractivity contribution in [2.75, 3.05) is 80.8 Å². The molecule has 11 aliphatic rings. The number of rotatable bonds is 15. The second-order valence-corrected chi connectivity index (χ2v) is 32.6. The fourth-order valence-electron chi connectivity index (χ4n) is 16.9. The van der Waals surface area contributed by atoms with Crippen molar-refractivity contribution >= 4 is 33.8 Å². The number of aliphatic hydroxyl groups is 8. The molecular weight excluding hydrogens is 1440 g/mol. The number of nitrogens with one attached hydrogen (secondary N) is 3. The van der Waals surface area contributed by atoms with E-state index >= 15 is 0 Å². The summed E-state index contributed by atoms with van der Waals surface area (Å²) in [5.41, 5.74) is 9.86. The molecule has 27 nitrogen and oxygen atoms in total. The molecule has 618 valence electrons. The first-order valence-corrected chi connectivity index (χ1v) is 40.5. The number of aryl methyl sites for hydroxylation is 1. The molecule has 25 atom stereocenters. The lowest BCUT2D eigenvalue weighted by molar-refractivity contribution is -0.111. The average Bonchev–Trinajstić information content (AvgIpc) is 1.63. The smallest absolute Gasteiger partial charge is 0.254 e. The van der Waals surface area contributed by atoms with Gasteiger partial charge >= 0.3 is 0 Å². The molecule has 0 radical (unpaired) electrons. The Kier molecular flexibility index (Phi) is 34.6. The Labute approximate surface area is 659 Å². The largest absolute Gasteiger partial charge is 0.396 e. The third kappa shape index (κ3) is 22.3. The lowest BCUT2D eigenvalue weighted by Gasteiger charge is -2.21. The van der Waals surface area contributed by atoms with Gasteiger partial charge in [-0.2, -0.15) is 0 Å². The minimum absolute atomic E-state index is 0.0188. The third-order valence-corrected chi connectivity index (χ3v) is 25.1. The lowest BCUT2D eigenvalue weighted by Crippen LogP contribution is -2.34. The summed E-state index contributed by atoms with van der Waals surface area (Å²) in [6, 6.07) is 9.12. The Balaban J connectivity index is 0.000000163. The van der Waals surface area contributed by atoms with Crippen molar-refractivity contribution in [1.82, 2.24) is 44.9 Å². The Bertz CT molecular complexity index is 3800. The first-order chi connectivity index (χ1) is 53.0. The van der Waals surface area contributed by atoms with E-state index in [9.17, 15) is 40.2 Å². The van der Waals surface area contributed by atoms with E-state index in [2.05, 4.69) is 153 Å². The summed E-state index contributed by atoms with van der Waals surface area (Å²) in [4.78, 5) is 48.3. The molecule has 8 heterocycles. The van der Waals surface area contributed by atoms with Crippen molar-refractivity contribution < 1.29 is 74.0 Å². The number of aromatic amines is 2. The van der Waals surface area contributed by atoms with Crippen LogP contribution >= 0.6 is 11.8 Å². The standard InChI is InChI=1S/2C14H18N2O4.C12H14N2S.C11H18N4O4.2C9H16O.C7H14O2.C7H14O/c1-20-13-7(5-17)4-10(12(13)18)8-2-3-9-11(8)15-6-16-14(9)19;1-20-5-7-4-10(13(18)12(7)17)8-2-3-9-11(8)15-6-16-14(9)19;1-9-2-4-10(5-3-9)11-8-14-6-7-15-12(14)13-11;1-6(12-2)10-13-5-15(14-10)11-9(18-3)8(17)7(4-16)19-11;1-6-4-7(2)9(5-10)8(6)3;1-4-8-7(3)6(2)5-9(8)10;1-5-4-7(8-3)9-6(5)2;1-5-4-6(2)8-7(5)3/h2*2,6-7,10,12-13,17-18H,3-5H2,1H3,(H,15,16,19);2-5,11H,6-8H2,1H3;5,7-9,11-12,16-17H,1,4H2,2-3H3;6-7,9-10H,3-5H2,1-2H3;6,8-10H,3-5H2,1-2H3;5-7H,4H2,1-3H3;5-7H,4H2,1-3H3/t7-,10+,12+,13-;7-,10+,12-,13+;;7-,8-,9+,11-;6-,7-,9+;6-,8-,9-;;/m11.000../s1. The van der Waals surface area contributed by atoms with Crippen molar-refractivity contribution in [3.63, 3.8) is 0 Å². The zero-order valence-corrected chi connectivity index (χ0v) is 68.7. The minimum atomic E-state index is -0.917. The summed E-state index contributed by atoms with van der Waals surface area (Å²) in [5, 5.41) is 86.0. The van der Waals surface area contributed by atoms with Gasteiger partial charge in [-0.25, -0.2) is 19.6 Å². The predicted molar refractivity (Wildman–Crippen MR) is 430 cm³/mol. The quantitative estimate of drug-likeness (QED) is 0.0509. The molecule has 1 aromatic carbocycles. The molecule has 28 heteroatoms. The van der Waals surface area contributed by atoms with E-state index in [1.54, 1.807) is 28.4 Å². The van der Waals surface area contributed by atoms with Gasteiger partial charge in [0.1, 0.15) is 24.6 Å². The molecule has 8 fully saturated rings. The molecule has 4 aromatic rings. The number of thioether (sulfide) groups is 1. The second-order valence-electron chi connectivity index (χ2n) is 31.6. The maximum Gasteiger partial charge on any atom is 0.254 e. The SMILES string of the molecule is C=C(NC)c1ncn([C@H]2O[C@@H](CO)[C@H](O)[C@H]2OC)n1.C=C1[C@@H](C)C[C@H](C)[C@H]1CO.C=C1[C@@H](C)C[C@H](O)[C@H]1CC.CC1CC(C)C(C)O1.COC1CC(C)C(C)O1.COC[C@H]1C[C@@H](C2=CCc3c2nc[nH]c3=O)[C@H](O)[C@@H]1O.CO[C@@H]1[C@@H](CO)C[C@@H](C2=CCc3c2nc[nH]c3=O)[C@@H]1O.Cc1ccc(C2CN3CCSC3=N2)cc1. The Hall–Kier alpha value is -6.16. The number of ether oxygens (including phenoxy) is 7. The van der Waals surface area contributed by atoms with Crippen LogP contribution in [0.15, 0.2) is 101 Å². The molecule has 3 aromatic heterocycles. The van der Waals surface area contributed by atoms with Crippen LogP contribution in [0, 0.1) is 72.0 Å². The van der Waals surface area contributed by atoms with Gasteiger partial charge < -0.3 is 94.2 Å². The van der Waals surface area contributed by atoms with Crippen LogP contribution in [0.4, 0.5) is 0 Å². The normalized spacial score (nSPS) is 34.4. The van der Waals surface area contributed by atoms with Gasteiger partial charge in [0.05, 0.1) is 97.8 Å². The monoisotopic (exact) mass is 1570 g/mol. The Morgan fingerprint density at radius 3 is 1.68 bits per heavy atom. The number of amidine groups is 1. The van der Waals surface area contributed by atoms with Crippen LogP contribution in [0.3, 0.4) is 0 Å². The first-order valence-electron chi connectivity index (χ1n) is 39.5. The fraction of sp³-hybridized carbons (Fsp3) is 0.675. The van der Waals surface area contributed by atoms with E-state index in [0.717, 1.165) is 42.9 Å². The number of allylic oxidation sites excluding steroid dienone is 2. The van der Waals surface area contributed by atoms with Gasteiger partial charge in [-0.1, -0.05) is 126 Å². The van der Waals surface area contributed by atoms with Gasteiger partial charge in [-0.3, -0.25) is 14.6 Å². The zero-order valence-electron chi connectivity index (χ0n) is 67.9. The highest BCUT2D eigenvalue weighted by Crippen LogP contribution is 2.46. The summed E-state index contributed by atoms with van der Waals surface area (Å²) in [6.45, 7) is 35.9. The summed E-state index contributed by atoms with van der Waals surface area (Å²) in [7, 11) is 8.00. The molecule has 0 bridgehead atoms. The number of hydrogen-bond acceptors (Lipinski definition) is 25. The molecule has 11 N–H and O–H groups in total. The number of H-pyrrole nitrogens is 2. The Morgan fingerprint density at radius 2 is 1.25 bits per heavy atom. The molecule has 15 rings (SSSR count). The molecular formula is C83H128N10O17S. The lowest BCUT2D eigenvalue weighted by atomic mass is 9.93. The molecule has 0 spiro atoms. The van der Waals surface area contributed by atoms with Crippen LogP contribution in [0.1, 0.15) is 159 Å². The van der Waals surface area contributed by atoms with Gasteiger partial charge in [0.15, 0.2) is 23.5 Å². The molecule has 4 saturated heterocycles. The first kappa shape index (κ1) is 90.4. The number of nitrogens with zero attached hydrogens (tertiary/aromatic N) is 7. The molecule has 6 aliphatic carbocycles. The number of fused-ring (bicyclic) bond motifs is 3. The average molecular weight is 1570 g/mol. The summed E-state index contributed by atoms with van der Waals surface area (Å²) >= 11 is 1.89. The van der Waals surface area contributed by atoms with Crippen LogP contribution in [-0.4, -0.2) is 240 Å². The van der Waals surface area contributed by atoms with E-state index in [-0.39, 0.29) is 73.1 Å². The number of aromatic nitrogens is 7. The maximum absolute atomic E-state index is 11.7. The Morgan fingerprint density at radius 1 is 0.667 bits per heavy atom. The van der Waals surface area contributed by atoms with Crippen LogP contribution in [-0.2, 0) is 46.0 Å². The van der Waals surface area contributed by atoms with Gasteiger partial charge in [-0.15, -0.1) is 5.10 Å². The number of benzene rings is 1. The summed E-state index contributed by atoms with van der Waals surface area (Å²) in [6.07, 6.45) is 11.6. The fourth-order valence-corrected chi connectivity index (χ4v) is 17.9. The van der Waals surface area contributed by atoms with Crippen LogP contribution in [0.5, 0.6) is 0 Å². The van der Waals surface area contributed by atoms with E-state index in [4.69, 9.17) is 48.4 Å². The molecule has 0 amide bonds. The van der Waals surface area contributed by atoms with Crippen LogP contribution in [0.2, 0.25) is 0 Å². The number of hydrogen-bond donors (Lipinski definition) is 11. The highest BCUT2D eigenvalue weighted by Gasteiger charge is 2.48. The van der Waals surface area contributed by atoms with Crippen molar-refractivity contribution in [1.29, 1.82) is 0 Å². The molecule has 111 heavy (non-hydrogen) atoms. The van der Waals surface area contributed by atoms with Gasteiger partial charge in [0.25, 0.3) is 11.1 Å². The molecule has 5 aliphatic heterocycles. The minimum Gasteiger partial charge on any atom is -0.396 e. The molecule has 7 unspecified atom stereocenters. The highest BCUT2D eigenvalue weighted by atomic mass is 32.2. The number of methoxy groups -OCH3 is 4. The number of aliphatic hydroxyl groups excluding tert-OH is 8. The number of aliphatic imine (C=N–C) groups is 1. The second kappa shape index (κ2) is 42.5. The van der Waals surface area contributed by atoms with Gasteiger partial charge in [-0.05, 0) is 125 Å². The summed E-state index contributed by atoms with van der Waals surface area (Å²) < 4.78 is 38.5. The third-order valence-electron chi connectivity index (χ3n) is 24.1. The van der Waals surface area contributed by atoms with E-state index in [1.165, 1.54) is 83.4 Å². The van der Waals surface area contributed by atoms with Crippen molar-refractivity contribution in [2.24, 2.45) is 70.1 Å². The zero-order chi connectivity index (χ0) is 81.2. The van der Waals surface area contributed by atoms with Crippen LogP contribution in [0.25, 0.3) is 16.8 Å². The predicted octanol–water partition coefficient (Wildman–Crippen LogP) is 7.64. The van der Waals surface area contributed by atoms with Crippen molar-refractivity contribution in [3.05, 3.63) is 146 Å². The van der Waals surface area contributed by atoms with Gasteiger partial charge in [0, 0.05) is 121 Å². The van der Waals surface area contributed by atoms with E-state index < -0.39 is 42.9 Å². The van der Waals surface area contributed by atoms with E-state index in [0.29, 0.717) is 126 Å². The van der Waals surface area contributed by atoms with E-state index in [1.807, 2.05) is 23.9 Å². The topological polar surface area (TPSA) is 376 Å². The van der Waals surface area contributed by atoms with Crippen molar-refractivity contribution in [3.8, 4) is 0 Å². The maximum atomic E-state index is 11.7.